The third kappa shape index (κ3) is 6.35. The van der Waals surface area contributed by atoms with Gasteiger partial charge in [-0.2, -0.15) is 11.8 Å². The van der Waals surface area contributed by atoms with Gasteiger partial charge >= 0.3 is 0 Å². The summed E-state index contributed by atoms with van der Waals surface area (Å²) in [5.74, 6) is 3.65. The summed E-state index contributed by atoms with van der Waals surface area (Å²) in [5.41, 5.74) is 3.25. The molecule has 2 aromatic heterocycles. The van der Waals surface area contributed by atoms with Crippen LogP contribution in [0.3, 0.4) is 0 Å². The predicted octanol–water partition coefficient (Wildman–Crippen LogP) is 8.50. The van der Waals surface area contributed by atoms with Crippen LogP contribution in [0.15, 0.2) is 83.5 Å². The first kappa shape index (κ1) is 27.6. The number of furan rings is 1. The van der Waals surface area contributed by atoms with Crippen LogP contribution in [0.1, 0.15) is 30.2 Å². The summed E-state index contributed by atoms with van der Waals surface area (Å²) < 4.78 is 25.7. The molecule has 9 heteroatoms. The Bertz CT molecular complexity index is 1680. The first-order chi connectivity index (χ1) is 20.0. The number of hydrogen-bond donors (Lipinski definition) is 1. The van der Waals surface area contributed by atoms with Crippen molar-refractivity contribution in [3.63, 3.8) is 0 Å². The monoisotopic (exact) mass is 588 g/mol. The molecule has 0 amide bonds. The molecule has 1 fully saturated rings. The zero-order valence-electron chi connectivity index (χ0n) is 22.8. The highest BCUT2D eigenvalue weighted by atomic mass is 35.5. The van der Waals surface area contributed by atoms with Gasteiger partial charge in [-0.1, -0.05) is 23.7 Å². The van der Waals surface area contributed by atoms with E-state index in [2.05, 4.69) is 39.6 Å². The largest absolute Gasteiger partial charge is 0.487 e. The van der Waals surface area contributed by atoms with Gasteiger partial charge in [-0.05, 0) is 92.4 Å². The average molecular weight is 589 g/mol. The second-order valence-electron chi connectivity index (χ2n) is 10.2. The molecule has 2 heterocycles. The van der Waals surface area contributed by atoms with E-state index in [4.69, 9.17) is 20.8 Å². The van der Waals surface area contributed by atoms with Crippen molar-refractivity contribution in [2.75, 3.05) is 24.4 Å². The minimum absolute atomic E-state index is 0.215. The Morgan fingerprint density at radius 2 is 1.98 bits per heavy atom. The molecule has 6 rings (SSSR count). The smallest absolute Gasteiger partial charge is 0.141 e. The Hall–Kier alpha value is -3.59. The second-order valence-corrected chi connectivity index (χ2v) is 11.5. The van der Waals surface area contributed by atoms with Crippen molar-refractivity contribution in [1.29, 1.82) is 0 Å². The van der Waals surface area contributed by atoms with E-state index < -0.39 is 0 Å². The number of hydrogen-bond acceptors (Lipinski definition) is 7. The van der Waals surface area contributed by atoms with Crippen LogP contribution >= 0.6 is 23.4 Å². The van der Waals surface area contributed by atoms with E-state index in [-0.39, 0.29) is 18.5 Å². The molecule has 0 radical (unpaired) electrons. The standard InChI is InChI=1S/C32H30ClFN4O2S/c1-38(24-8-9-24)28(18-41-2)31-13-12-29(40-31)21-6-10-27-25(15-21)32(36-19-35-27)37-23-7-11-30(26(33)16-23)39-17-20-4-3-5-22(34)14-20/h3-7,10-16,19,24,28H,8-9,17-18H2,1-2H3,(H,35,36,37)/t28-/m0/s1. The Balaban J connectivity index is 1.22. The first-order valence-corrected chi connectivity index (χ1v) is 15.3. The van der Waals surface area contributed by atoms with Gasteiger partial charge in [-0.15, -0.1) is 0 Å². The number of rotatable bonds is 11. The summed E-state index contributed by atoms with van der Waals surface area (Å²) in [4.78, 5) is 11.4. The Morgan fingerprint density at radius 1 is 1.10 bits per heavy atom. The van der Waals surface area contributed by atoms with Crippen molar-refractivity contribution in [3.05, 3.63) is 101 Å². The third-order valence-corrected chi connectivity index (χ3v) is 8.24. The molecule has 1 aliphatic rings. The number of thioether (sulfide) groups is 1. The van der Waals surface area contributed by atoms with E-state index in [0.717, 1.165) is 45.0 Å². The van der Waals surface area contributed by atoms with E-state index in [9.17, 15) is 4.39 Å². The fraction of sp³-hybridized carbons (Fsp3) is 0.250. The van der Waals surface area contributed by atoms with Gasteiger partial charge in [-0.25, -0.2) is 14.4 Å². The topological polar surface area (TPSA) is 63.4 Å². The van der Waals surface area contributed by atoms with E-state index >= 15 is 0 Å². The van der Waals surface area contributed by atoms with Gasteiger partial charge in [-0.3, -0.25) is 4.90 Å². The minimum Gasteiger partial charge on any atom is -0.487 e. The van der Waals surface area contributed by atoms with Crippen molar-refractivity contribution in [1.82, 2.24) is 14.9 Å². The lowest BCUT2D eigenvalue weighted by Crippen LogP contribution is -2.28. The van der Waals surface area contributed by atoms with Gasteiger partial charge in [0.1, 0.15) is 41.8 Å². The molecule has 6 nitrogen and oxygen atoms in total. The van der Waals surface area contributed by atoms with Gasteiger partial charge in [0.25, 0.3) is 0 Å². The quantitative estimate of drug-likeness (QED) is 0.166. The van der Waals surface area contributed by atoms with Gasteiger partial charge in [0.15, 0.2) is 0 Å². The molecule has 1 aliphatic carbocycles. The van der Waals surface area contributed by atoms with Gasteiger partial charge in [0, 0.05) is 28.4 Å². The lowest BCUT2D eigenvalue weighted by atomic mass is 10.1. The fourth-order valence-electron chi connectivity index (χ4n) is 4.91. The Kier molecular flexibility index (Phi) is 8.14. The van der Waals surface area contributed by atoms with Crippen molar-refractivity contribution in [2.24, 2.45) is 0 Å². The van der Waals surface area contributed by atoms with Crippen molar-refractivity contribution >= 4 is 45.8 Å². The molecule has 0 spiro atoms. The molecule has 0 bridgehead atoms. The number of anilines is 2. The molecule has 5 aromatic rings. The van der Waals surface area contributed by atoms with Gasteiger partial charge in [0.05, 0.1) is 16.6 Å². The molecule has 0 unspecified atom stereocenters. The van der Waals surface area contributed by atoms with Gasteiger partial charge < -0.3 is 14.5 Å². The molecular formula is C32H30ClFN4O2S. The third-order valence-electron chi connectivity index (χ3n) is 7.29. The number of ether oxygens (including phenoxy) is 1. The van der Waals surface area contributed by atoms with E-state index in [1.54, 1.807) is 24.3 Å². The molecule has 0 saturated heterocycles. The van der Waals surface area contributed by atoms with Crippen LogP contribution in [0.25, 0.3) is 22.2 Å². The molecule has 1 saturated carbocycles. The van der Waals surface area contributed by atoms with Crippen molar-refractivity contribution in [3.8, 4) is 17.1 Å². The van der Waals surface area contributed by atoms with Crippen LogP contribution in [0.2, 0.25) is 5.02 Å². The molecule has 3 aromatic carbocycles. The Morgan fingerprint density at radius 3 is 2.76 bits per heavy atom. The van der Waals surface area contributed by atoms with Crippen molar-refractivity contribution in [2.45, 2.75) is 31.5 Å². The number of halogens is 2. The summed E-state index contributed by atoms with van der Waals surface area (Å²) >= 11 is 8.36. The summed E-state index contributed by atoms with van der Waals surface area (Å²) in [7, 11) is 2.20. The maximum atomic E-state index is 13.5. The van der Waals surface area contributed by atoms with E-state index in [1.807, 2.05) is 42.1 Å². The first-order valence-electron chi connectivity index (χ1n) is 13.5. The lowest BCUT2D eigenvalue weighted by molar-refractivity contribution is 0.227. The summed E-state index contributed by atoms with van der Waals surface area (Å²) in [6, 6.07) is 22.8. The summed E-state index contributed by atoms with van der Waals surface area (Å²) in [6.07, 6.45) is 6.18. The van der Waals surface area contributed by atoms with Crippen LogP contribution in [-0.4, -0.2) is 40.0 Å². The molecule has 0 aliphatic heterocycles. The van der Waals surface area contributed by atoms with Crippen molar-refractivity contribution < 1.29 is 13.5 Å². The summed E-state index contributed by atoms with van der Waals surface area (Å²) in [5, 5.41) is 4.67. The summed E-state index contributed by atoms with van der Waals surface area (Å²) in [6.45, 7) is 0.215. The van der Waals surface area contributed by atoms with E-state index in [1.165, 1.54) is 31.3 Å². The average Bonchev–Trinajstić information content (AvgIpc) is 3.72. The van der Waals surface area contributed by atoms with Crippen LogP contribution in [0, 0.1) is 5.82 Å². The number of fused-ring (bicyclic) bond motifs is 1. The lowest BCUT2D eigenvalue weighted by Gasteiger charge is -2.25. The molecule has 1 atom stereocenters. The number of nitrogens with zero attached hydrogens (tertiary/aromatic N) is 3. The molecule has 210 valence electrons. The highest BCUT2D eigenvalue weighted by molar-refractivity contribution is 7.98. The van der Waals surface area contributed by atoms with Gasteiger partial charge in [0.2, 0.25) is 0 Å². The number of benzene rings is 3. The van der Waals surface area contributed by atoms with Crippen LogP contribution in [0.4, 0.5) is 15.9 Å². The SMILES string of the molecule is CSC[C@@H](c1ccc(-c2ccc3ncnc(Nc4ccc(OCc5cccc(F)c5)c(Cl)c4)c3c2)o1)N(C)C1CC1. The Labute approximate surface area is 247 Å². The second kappa shape index (κ2) is 12.1. The fourth-order valence-corrected chi connectivity index (χ4v) is 5.86. The molecule has 1 N–H and O–H groups in total. The number of nitrogens with one attached hydrogen (secondary N) is 1. The maximum absolute atomic E-state index is 13.5. The highest BCUT2D eigenvalue weighted by Gasteiger charge is 2.33. The normalized spacial score (nSPS) is 14.0. The van der Waals surface area contributed by atoms with Crippen LogP contribution < -0.4 is 10.1 Å². The zero-order chi connectivity index (χ0) is 28.3. The molecular weight excluding hydrogens is 559 g/mol. The van der Waals surface area contributed by atoms with Crippen LogP contribution in [-0.2, 0) is 6.61 Å². The van der Waals surface area contributed by atoms with Crippen LogP contribution in [0.5, 0.6) is 5.75 Å². The zero-order valence-corrected chi connectivity index (χ0v) is 24.4. The van der Waals surface area contributed by atoms with E-state index in [0.29, 0.717) is 22.6 Å². The maximum Gasteiger partial charge on any atom is 0.141 e. The number of aromatic nitrogens is 2. The minimum atomic E-state index is -0.301. The molecule has 41 heavy (non-hydrogen) atoms. The highest BCUT2D eigenvalue weighted by Crippen LogP contribution is 2.37. The predicted molar refractivity (Wildman–Crippen MR) is 165 cm³/mol.